The predicted molar refractivity (Wildman–Crippen MR) is 89.5 cm³/mol. The van der Waals surface area contributed by atoms with Gasteiger partial charge in [0.25, 0.3) is 10.0 Å². The van der Waals surface area contributed by atoms with Crippen LogP contribution < -0.4 is 4.72 Å². The molecule has 1 aromatic heterocycles. The number of pyridine rings is 1. The van der Waals surface area contributed by atoms with Gasteiger partial charge in [0.1, 0.15) is 0 Å². The lowest BCUT2D eigenvalue weighted by molar-refractivity contribution is 0.477. The maximum absolute atomic E-state index is 12.4. The Labute approximate surface area is 141 Å². The number of rotatable bonds is 5. The zero-order chi connectivity index (χ0) is 17.2. The fourth-order valence-corrected chi connectivity index (χ4v) is 5.08. The minimum Gasteiger partial charge on any atom is -0.280 e. The molecule has 128 valence electrons. The molecule has 0 atom stereocenters. The fourth-order valence-electron chi connectivity index (χ4n) is 2.50. The van der Waals surface area contributed by atoms with Crippen molar-refractivity contribution in [2.75, 3.05) is 17.8 Å². The maximum atomic E-state index is 12.4. The first-order valence-corrected chi connectivity index (χ1v) is 10.3. The third kappa shape index (κ3) is 3.42. The van der Waals surface area contributed by atoms with Crippen LogP contribution in [0, 0.1) is 0 Å². The highest BCUT2D eigenvalue weighted by atomic mass is 32.2. The third-order valence-electron chi connectivity index (χ3n) is 3.77. The Hall–Kier alpha value is -1.97. The van der Waals surface area contributed by atoms with E-state index in [2.05, 4.69) is 9.71 Å². The van der Waals surface area contributed by atoms with Crippen molar-refractivity contribution in [3.8, 4) is 0 Å². The van der Waals surface area contributed by atoms with Crippen molar-refractivity contribution < 1.29 is 16.8 Å². The smallest absolute Gasteiger partial charge is 0.261 e. The lowest BCUT2D eigenvalue weighted by atomic mass is 10.4. The van der Waals surface area contributed by atoms with Crippen LogP contribution in [0.5, 0.6) is 0 Å². The van der Waals surface area contributed by atoms with Gasteiger partial charge in [-0.1, -0.05) is 0 Å². The standard InChI is InChI=1S/C15H17N3O4S2/c19-23(20,17-13-7-9-16-10-8-13)14-3-5-15(6-4-14)24(21,22)18-11-1-2-12-18/h3-10H,1-2,11-12H2,(H,16,17). The second-order valence-corrected chi connectivity index (χ2v) is 9.04. The van der Waals surface area contributed by atoms with Gasteiger partial charge in [0.2, 0.25) is 10.0 Å². The van der Waals surface area contributed by atoms with Crippen molar-refractivity contribution in [2.45, 2.75) is 22.6 Å². The van der Waals surface area contributed by atoms with Crippen LogP contribution in [0.25, 0.3) is 0 Å². The molecular weight excluding hydrogens is 350 g/mol. The molecule has 24 heavy (non-hydrogen) atoms. The van der Waals surface area contributed by atoms with Crippen molar-refractivity contribution in [1.82, 2.24) is 9.29 Å². The summed E-state index contributed by atoms with van der Waals surface area (Å²) in [4.78, 5) is 3.92. The van der Waals surface area contributed by atoms with Crippen LogP contribution in [-0.4, -0.2) is 39.2 Å². The Morgan fingerprint density at radius 3 is 1.96 bits per heavy atom. The van der Waals surface area contributed by atoms with Gasteiger partial charge < -0.3 is 0 Å². The van der Waals surface area contributed by atoms with Crippen LogP contribution >= 0.6 is 0 Å². The summed E-state index contributed by atoms with van der Waals surface area (Å²) in [6.45, 7) is 1.01. The molecule has 3 rings (SSSR count). The average molecular weight is 367 g/mol. The van der Waals surface area contributed by atoms with Gasteiger partial charge in [-0.3, -0.25) is 9.71 Å². The summed E-state index contributed by atoms with van der Waals surface area (Å²) in [5.41, 5.74) is 0.388. The lowest BCUT2D eigenvalue weighted by Crippen LogP contribution is -2.27. The van der Waals surface area contributed by atoms with Crippen molar-refractivity contribution in [1.29, 1.82) is 0 Å². The number of benzene rings is 1. The van der Waals surface area contributed by atoms with E-state index >= 15 is 0 Å². The Balaban J connectivity index is 1.84. The van der Waals surface area contributed by atoms with Crippen molar-refractivity contribution in [3.05, 3.63) is 48.8 Å². The van der Waals surface area contributed by atoms with Gasteiger partial charge in [-0.05, 0) is 49.2 Å². The Morgan fingerprint density at radius 1 is 0.833 bits per heavy atom. The number of hydrogen-bond acceptors (Lipinski definition) is 5. The molecule has 9 heteroatoms. The number of aromatic nitrogens is 1. The zero-order valence-electron chi connectivity index (χ0n) is 12.8. The highest BCUT2D eigenvalue weighted by Gasteiger charge is 2.27. The second-order valence-electron chi connectivity index (χ2n) is 5.42. The van der Waals surface area contributed by atoms with E-state index in [1.54, 1.807) is 0 Å². The van der Waals surface area contributed by atoms with Crippen LogP contribution in [0.1, 0.15) is 12.8 Å². The number of hydrogen-bond donors (Lipinski definition) is 1. The molecular formula is C15H17N3O4S2. The van der Waals surface area contributed by atoms with Crippen molar-refractivity contribution in [2.24, 2.45) is 0 Å². The molecule has 1 aliphatic heterocycles. The van der Waals surface area contributed by atoms with Gasteiger partial charge in [0.05, 0.1) is 15.5 Å². The fraction of sp³-hybridized carbons (Fsp3) is 0.267. The van der Waals surface area contributed by atoms with E-state index in [0.717, 1.165) is 12.8 Å². The second kappa shape index (κ2) is 6.50. The number of sulfonamides is 2. The number of anilines is 1. The lowest BCUT2D eigenvalue weighted by Gasteiger charge is -2.15. The summed E-state index contributed by atoms with van der Waals surface area (Å²) < 4.78 is 53.4. The number of nitrogens with one attached hydrogen (secondary N) is 1. The first-order chi connectivity index (χ1) is 11.4. The molecule has 2 heterocycles. The molecule has 1 aromatic carbocycles. The molecule has 0 saturated carbocycles. The quantitative estimate of drug-likeness (QED) is 0.867. The predicted octanol–water partition coefficient (Wildman–Crippen LogP) is 1.67. The molecule has 7 nitrogen and oxygen atoms in total. The van der Waals surface area contributed by atoms with Crippen LogP contribution in [0.3, 0.4) is 0 Å². The molecule has 1 aliphatic rings. The van der Waals surface area contributed by atoms with Gasteiger partial charge in [0.15, 0.2) is 0 Å². The minimum atomic E-state index is -3.78. The molecule has 0 radical (unpaired) electrons. The van der Waals surface area contributed by atoms with E-state index in [9.17, 15) is 16.8 Å². The zero-order valence-corrected chi connectivity index (χ0v) is 14.4. The van der Waals surface area contributed by atoms with Gasteiger partial charge in [-0.15, -0.1) is 0 Å². The summed E-state index contributed by atoms with van der Waals surface area (Å²) in [5, 5.41) is 0. The van der Waals surface area contributed by atoms with Crippen LogP contribution in [0.2, 0.25) is 0 Å². The van der Waals surface area contributed by atoms with Crippen molar-refractivity contribution in [3.63, 3.8) is 0 Å². The Kier molecular flexibility index (Phi) is 4.57. The summed E-state index contributed by atoms with van der Waals surface area (Å²) in [6, 6.07) is 8.32. The molecule has 0 unspecified atom stereocenters. The number of nitrogens with zero attached hydrogens (tertiary/aromatic N) is 2. The summed E-state index contributed by atoms with van der Waals surface area (Å²) >= 11 is 0. The maximum Gasteiger partial charge on any atom is 0.261 e. The molecule has 0 spiro atoms. The minimum absolute atomic E-state index is 0.000292. The first kappa shape index (κ1) is 16.9. The third-order valence-corrected chi connectivity index (χ3v) is 7.08. The van der Waals surface area contributed by atoms with E-state index in [-0.39, 0.29) is 9.79 Å². The largest absolute Gasteiger partial charge is 0.280 e. The van der Waals surface area contributed by atoms with Gasteiger partial charge in [-0.2, -0.15) is 4.31 Å². The molecule has 0 bridgehead atoms. The van der Waals surface area contributed by atoms with Crippen LogP contribution in [0.4, 0.5) is 5.69 Å². The highest BCUT2D eigenvalue weighted by molar-refractivity contribution is 7.92. The van der Waals surface area contributed by atoms with Gasteiger partial charge in [0, 0.05) is 25.5 Å². The van der Waals surface area contributed by atoms with Crippen molar-refractivity contribution >= 4 is 25.7 Å². The Bertz CT molecular complexity index is 905. The van der Waals surface area contributed by atoms with E-state index in [1.807, 2.05) is 0 Å². The van der Waals surface area contributed by atoms with E-state index in [1.165, 1.54) is 53.1 Å². The van der Waals surface area contributed by atoms with E-state index in [0.29, 0.717) is 18.8 Å². The topological polar surface area (TPSA) is 96.4 Å². The van der Waals surface area contributed by atoms with Crippen LogP contribution in [-0.2, 0) is 20.0 Å². The monoisotopic (exact) mass is 367 g/mol. The SMILES string of the molecule is O=S(=O)(Nc1ccncc1)c1ccc(S(=O)(=O)N2CCCC2)cc1. The molecule has 0 amide bonds. The first-order valence-electron chi connectivity index (χ1n) is 7.43. The summed E-state index contributed by atoms with van der Waals surface area (Å²) in [6.07, 6.45) is 4.65. The van der Waals surface area contributed by atoms with Gasteiger partial charge in [-0.25, -0.2) is 16.8 Å². The van der Waals surface area contributed by atoms with E-state index in [4.69, 9.17) is 0 Å². The van der Waals surface area contributed by atoms with Gasteiger partial charge >= 0.3 is 0 Å². The molecule has 0 aliphatic carbocycles. The summed E-state index contributed by atoms with van der Waals surface area (Å²) in [7, 11) is -7.33. The molecule has 1 N–H and O–H groups in total. The van der Waals surface area contributed by atoms with Crippen LogP contribution in [0.15, 0.2) is 58.6 Å². The van der Waals surface area contributed by atoms with E-state index < -0.39 is 20.0 Å². The molecule has 2 aromatic rings. The molecule has 1 fully saturated rings. The normalized spacial score (nSPS) is 16.2. The summed E-state index contributed by atoms with van der Waals surface area (Å²) in [5.74, 6) is 0. The highest BCUT2D eigenvalue weighted by Crippen LogP contribution is 2.23. The average Bonchev–Trinajstić information content (AvgIpc) is 3.11. The Morgan fingerprint density at radius 2 is 1.38 bits per heavy atom. The molecule has 1 saturated heterocycles.